The van der Waals surface area contributed by atoms with Crippen molar-refractivity contribution in [3.05, 3.63) is 0 Å². The van der Waals surface area contributed by atoms with Gasteiger partial charge in [-0.1, -0.05) is 0 Å². The Morgan fingerprint density at radius 3 is 2.89 bits per heavy atom. The number of esters is 1. The second kappa shape index (κ2) is 8.05. The van der Waals surface area contributed by atoms with E-state index in [-0.39, 0.29) is 11.9 Å². The van der Waals surface area contributed by atoms with Crippen molar-refractivity contribution in [2.24, 2.45) is 0 Å². The van der Waals surface area contributed by atoms with Gasteiger partial charge in [-0.3, -0.25) is 14.5 Å². The number of ether oxygens (including phenoxy) is 1. The number of carbonyl (C=O) groups is 2. The molecule has 0 aromatic carbocycles. The standard InChI is InChI=1S/C12H23N3O3/c1-15(10-5-7-13-8-10)9-11(16)14-6-3-4-12(17)18-2/h10,13H,3-9H2,1-2H3,(H,14,16). The van der Waals surface area contributed by atoms with E-state index in [1.165, 1.54) is 7.11 Å². The second-order valence-corrected chi connectivity index (χ2v) is 4.59. The van der Waals surface area contributed by atoms with Crippen LogP contribution in [0.2, 0.25) is 0 Å². The number of nitrogens with one attached hydrogen (secondary N) is 2. The smallest absolute Gasteiger partial charge is 0.305 e. The van der Waals surface area contributed by atoms with Crippen LogP contribution in [-0.2, 0) is 14.3 Å². The molecule has 1 amide bonds. The summed E-state index contributed by atoms with van der Waals surface area (Å²) in [6.45, 7) is 2.90. The summed E-state index contributed by atoms with van der Waals surface area (Å²) < 4.78 is 4.52. The molecule has 1 aliphatic rings. The molecule has 0 aromatic heterocycles. The van der Waals surface area contributed by atoms with E-state index in [1.54, 1.807) is 0 Å². The third-order valence-electron chi connectivity index (χ3n) is 3.16. The molecule has 1 atom stereocenters. The first-order chi connectivity index (χ1) is 8.63. The molecule has 1 aliphatic heterocycles. The number of nitrogens with zero attached hydrogens (tertiary/aromatic N) is 1. The summed E-state index contributed by atoms with van der Waals surface area (Å²) in [7, 11) is 3.33. The number of methoxy groups -OCH3 is 1. The Balaban J connectivity index is 2.07. The van der Waals surface area contributed by atoms with Gasteiger partial charge in [0.15, 0.2) is 0 Å². The van der Waals surface area contributed by atoms with Crippen LogP contribution >= 0.6 is 0 Å². The van der Waals surface area contributed by atoms with E-state index >= 15 is 0 Å². The summed E-state index contributed by atoms with van der Waals surface area (Å²) in [4.78, 5) is 24.6. The minimum atomic E-state index is -0.238. The molecule has 104 valence electrons. The van der Waals surface area contributed by atoms with Crippen LogP contribution in [0.15, 0.2) is 0 Å². The second-order valence-electron chi connectivity index (χ2n) is 4.59. The number of hydrogen-bond donors (Lipinski definition) is 2. The Kier molecular flexibility index (Phi) is 6.67. The molecule has 0 spiro atoms. The summed E-state index contributed by atoms with van der Waals surface area (Å²) in [5.41, 5.74) is 0. The van der Waals surface area contributed by atoms with Crippen LogP contribution in [0, 0.1) is 0 Å². The lowest BCUT2D eigenvalue weighted by molar-refractivity contribution is -0.140. The van der Waals surface area contributed by atoms with E-state index in [0.717, 1.165) is 19.5 Å². The minimum absolute atomic E-state index is 0.00858. The third-order valence-corrected chi connectivity index (χ3v) is 3.16. The van der Waals surface area contributed by atoms with E-state index in [9.17, 15) is 9.59 Å². The van der Waals surface area contributed by atoms with Gasteiger partial charge in [0.2, 0.25) is 5.91 Å². The minimum Gasteiger partial charge on any atom is -0.469 e. The van der Waals surface area contributed by atoms with E-state index in [4.69, 9.17) is 0 Å². The van der Waals surface area contributed by atoms with E-state index < -0.39 is 0 Å². The molecule has 0 aliphatic carbocycles. The average molecular weight is 257 g/mol. The highest BCUT2D eigenvalue weighted by molar-refractivity contribution is 5.78. The first kappa shape index (κ1) is 14.9. The lowest BCUT2D eigenvalue weighted by Crippen LogP contribution is -2.41. The molecule has 1 fully saturated rings. The summed E-state index contributed by atoms with van der Waals surface area (Å²) in [5, 5.41) is 6.08. The molecule has 2 N–H and O–H groups in total. The first-order valence-electron chi connectivity index (χ1n) is 6.38. The van der Waals surface area contributed by atoms with Crippen molar-refractivity contribution in [1.82, 2.24) is 15.5 Å². The fraction of sp³-hybridized carbons (Fsp3) is 0.833. The van der Waals surface area contributed by atoms with Gasteiger partial charge in [-0.15, -0.1) is 0 Å². The van der Waals surface area contributed by atoms with Crippen molar-refractivity contribution in [3.8, 4) is 0 Å². The van der Waals surface area contributed by atoms with Crippen LogP contribution in [-0.4, -0.2) is 63.2 Å². The maximum absolute atomic E-state index is 11.6. The molecule has 0 bridgehead atoms. The summed E-state index contributed by atoms with van der Waals surface area (Å²) >= 11 is 0. The predicted octanol–water partition coefficient (Wildman–Crippen LogP) is -0.650. The summed E-state index contributed by atoms with van der Waals surface area (Å²) in [6, 6.07) is 0.450. The van der Waals surface area contributed by atoms with Gasteiger partial charge in [0.25, 0.3) is 0 Å². The van der Waals surface area contributed by atoms with Crippen molar-refractivity contribution in [2.45, 2.75) is 25.3 Å². The monoisotopic (exact) mass is 257 g/mol. The maximum atomic E-state index is 11.6. The quantitative estimate of drug-likeness (QED) is 0.468. The molecular formula is C12H23N3O3. The lowest BCUT2D eigenvalue weighted by Gasteiger charge is -2.22. The molecule has 6 heteroatoms. The zero-order chi connectivity index (χ0) is 13.4. The lowest BCUT2D eigenvalue weighted by atomic mass is 10.2. The highest BCUT2D eigenvalue weighted by atomic mass is 16.5. The largest absolute Gasteiger partial charge is 0.469 e. The molecule has 18 heavy (non-hydrogen) atoms. The molecule has 1 saturated heterocycles. The molecule has 1 heterocycles. The van der Waals surface area contributed by atoms with Crippen molar-refractivity contribution in [1.29, 1.82) is 0 Å². The highest BCUT2D eigenvalue weighted by Crippen LogP contribution is 2.05. The molecule has 1 rings (SSSR count). The fourth-order valence-corrected chi connectivity index (χ4v) is 1.99. The van der Waals surface area contributed by atoms with Crippen LogP contribution in [0.1, 0.15) is 19.3 Å². The molecule has 1 unspecified atom stereocenters. The number of rotatable bonds is 7. The van der Waals surface area contributed by atoms with Crippen LogP contribution in [0.4, 0.5) is 0 Å². The topological polar surface area (TPSA) is 70.7 Å². The Morgan fingerprint density at radius 2 is 2.28 bits per heavy atom. The fourth-order valence-electron chi connectivity index (χ4n) is 1.99. The Bertz CT molecular complexity index is 278. The number of hydrogen-bond acceptors (Lipinski definition) is 5. The van der Waals surface area contributed by atoms with Gasteiger partial charge >= 0.3 is 5.97 Å². The van der Waals surface area contributed by atoms with E-state index in [0.29, 0.717) is 32.0 Å². The maximum Gasteiger partial charge on any atom is 0.305 e. The molecule has 0 radical (unpaired) electrons. The van der Waals surface area contributed by atoms with Gasteiger partial charge in [0.05, 0.1) is 13.7 Å². The Hall–Kier alpha value is -1.14. The van der Waals surface area contributed by atoms with Gasteiger partial charge in [-0.05, 0) is 26.4 Å². The normalized spacial score (nSPS) is 18.9. The van der Waals surface area contributed by atoms with Crippen molar-refractivity contribution in [3.63, 3.8) is 0 Å². The van der Waals surface area contributed by atoms with Crippen LogP contribution < -0.4 is 10.6 Å². The number of likely N-dealkylation sites (N-methyl/N-ethyl adjacent to an activating group) is 1. The zero-order valence-corrected chi connectivity index (χ0v) is 11.2. The summed E-state index contributed by atoms with van der Waals surface area (Å²) in [5.74, 6) is -0.229. The zero-order valence-electron chi connectivity index (χ0n) is 11.2. The van der Waals surface area contributed by atoms with Crippen LogP contribution in [0.3, 0.4) is 0 Å². The van der Waals surface area contributed by atoms with E-state index in [2.05, 4.69) is 20.3 Å². The van der Waals surface area contributed by atoms with E-state index in [1.807, 2.05) is 7.05 Å². The number of carbonyl (C=O) groups excluding carboxylic acids is 2. The van der Waals surface area contributed by atoms with Gasteiger partial charge in [-0.2, -0.15) is 0 Å². The molecule has 6 nitrogen and oxygen atoms in total. The predicted molar refractivity (Wildman–Crippen MR) is 68.2 cm³/mol. The average Bonchev–Trinajstić information content (AvgIpc) is 2.88. The van der Waals surface area contributed by atoms with Crippen molar-refractivity contribution in [2.75, 3.05) is 40.3 Å². The van der Waals surface area contributed by atoms with Crippen molar-refractivity contribution >= 4 is 11.9 Å². The van der Waals surface area contributed by atoms with Gasteiger partial charge in [0, 0.05) is 25.6 Å². The molecule has 0 saturated carbocycles. The molecular weight excluding hydrogens is 234 g/mol. The van der Waals surface area contributed by atoms with Gasteiger partial charge in [0.1, 0.15) is 0 Å². The Morgan fingerprint density at radius 1 is 1.50 bits per heavy atom. The van der Waals surface area contributed by atoms with Gasteiger partial charge in [-0.25, -0.2) is 0 Å². The van der Waals surface area contributed by atoms with Gasteiger partial charge < -0.3 is 15.4 Å². The SMILES string of the molecule is COC(=O)CCCNC(=O)CN(C)C1CCNC1. The summed E-state index contributed by atoms with van der Waals surface area (Å²) in [6.07, 6.45) is 2.05. The number of amides is 1. The van der Waals surface area contributed by atoms with Crippen LogP contribution in [0.5, 0.6) is 0 Å². The van der Waals surface area contributed by atoms with Crippen LogP contribution in [0.25, 0.3) is 0 Å². The molecule has 0 aromatic rings. The first-order valence-corrected chi connectivity index (χ1v) is 6.38. The highest BCUT2D eigenvalue weighted by Gasteiger charge is 2.20. The Labute approximate surface area is 108 Å². The third kappa shape index (κ3) is 5.46. The van der Waals surface area contributed by atoms with Crippen molar-refractivity contribution < 1.29 is 14.3 Å².